The van der Waals surface area contributed by atoms with Crippen LogP contribution in [-0.2, 0) is 9.53 Å². The normalized spacial score (nSPS) is 12.7. The van der Waals surface area contributed by atoms with Gasteiger partial charge in [-0.1, -0.05) is 74.6 Å². The lowest BCUT2D eigenvalue weighted by Gasteiger charge is -2.15. The van der Waals surface area contributed by atoms with E-state index >= 15 is 0 Å². The van der Waals surface area contributed by atoms with Crippen LogP contribution in [0.2, 0.25) is 0 Å². The maximum absolute atomic E-state index is 12.5. The summed E-state index contributed by atoms with van der Waals surface area (Å²) < 4.78 is 5.81. The molecule has 8 heteroatoms. The second-order valence-corrected chi connectivity index (χ2v) is 9.96. The summed E-state index contributed by atoms with van der Waals surface area (Å²) in [6.07, 6.45) is 30.7. The molecule has 0 unspecified atom stereocenters. The topological polar surface area (TPSA) is 125 Å². The molecule has 1 aromatic rings. The Morgan fingerprint density at radius 1 is 0.837 bits per heavy atom. The van der Waals surface area contributed by atoms with Gasteiger partial charge in [0.25, 0.3) is 0 Å². The lowest BCUT2D eigenvalue weighted by Crippen LogP contribution is -2.31. The second kappa shape index (κ2) is 24.7. The monoisotopic (exact) mass is 594 g/mol. The van der Waals surface area contributed by atoms with Crippen molar-refractivity contribution in [3.8, 4) is 5.75 Å². The van der Waals surface area contributed by atoms with Gasteiger partial charge in [-0.2, -0.15) is 0 Å². The summed E-state index contributed by atoms with van der Waals surface area (Å²) in [5.41, 5.74) is -0.0623. The summed E-state index contributed by atoms with van der Waals surface area (Å²) in [7, 11) is 0. The molecule has 0 aliphatic rings. The van der Waals surface area contributed by atoms with Gasteiger partial charge in [0.15, 0.2) is 5.78 Å². The Morgan fingerprint density at radius 3 is 2.02 bits per heavy atom. The van der Waals surface area contributed by atoms with Crippen molar-refractivity contribution >= 4 is 23.5 Å². The Morgan fingerprint density at radius 2 is 1.44 bits per heavy atom. The second-order valence-electron chi connectivity index (χ2n) is 9.96. The van der Waals surface area contributed by atoms with Gasteiger partial charge in [0.2, 0.25) is 0 Å². The minimum atomic E-state index is -1.29. The van der Waals surface area contributed by atoms with E-state index in [4.69, 9.17) is 9.84 Å². The minimum Gasteiger partial charge on any atom is -0.507 e. The van der Waals surface area contributed by atoms with Crippen LogP contribution in [0.15, 0.2) is 79.0 Å². The Labute approximate surface area is 257 Å². The molecule has 43 heavy (non-hydrogen) atoms. The number of carbonyl (C=O) groups excluding carboxylic acids is 2. The maximum atomic E-state index is 12.5. The first kappa shape index (κ1) is 37.1. The fourth-order valence-corrected chi connectivity index (χ4v) is 3.98. The number of aromatic hydroxyl groups is 1. The number of amides is 2. The molecule has 0 heterocycles. The standard InChI is InChI=1S/C35H50N2O6/c1-3-5-6-7-8-9-10-11-12-13-14-15-16-17-18-19-20-21-27-43-33(4-2)32(39)23-22-26-36-35(42)37-29-24-25-31(38)30(28-29)34(40)41/h5-6,8-9,11-12,14-15,17-18,24-25,28,33,38H,3-4,7,10,13,16,19-23,26-27H2,1-2H3,(H,40,41)(H2,36,37,42)/b6-5-,9-8-,12-11-,15-14-,18-17-/t33-/m0/s1. The number of hydrogen-bond acceptors (Lipinski definition) is 5. The van der Waals surface area contributed by atoms with Crippen LogP contribution in [0.25, 0.3) is 0 Å². The zero-order valence-corrected chi connectivity index (χ0v) is 25.8. The van der Waals surface area contributed by atoms with Crippen molar-refractivity contribution in [2.24, 2.45) is 0 Å². The highest BCUT2D eigenvalue weighted by Crippen LogP contribution is 2.21. The molecule has 0 bridgehead atoms. The fraction of sp³-hybridized carbons (Fsp3) is 0.457. The third-order valence-corrected chi connectivity index (χ3v) is 6.34. The Kier molecular flexibility index (Phi) is 21.3. The Balaban J connectivity index is 2.10. The third kappa shape index (κ3) is 19.0. The van der Waals surface area contributed by atoms with Gasteiger partial charge < -0.3 is 25.6 Å². The summed E-state index contributed by atoms with van der Waals surface area (Å²) in [6.45, 7) is 4.89. The molecule has 0 saturated heterocycles. The van der Waals surface area contributed by atoms with E-state index in [-0.39, 0.29) is 29.3 Å². The van der Waals surface area contributed by atoms with Gasteiger partial charge in [0, 0.05) is 25.3 Å². The molecule has 236 valence electrons. The van der Waals surface area contributed by atoms with Crippen LogP contribution in [0.1, 0.15) is 94.8 Å². The third-order valence-electron chi connectivity index (χ3n) is 6.34. The number of urea groups is 1. The van der Waals surface area contributed by atoms with E-state index in [1.807, 2.05) is 6.92 Å². The average Bonchev–Trinajstić information content (AvgIpc) is 2.99. The predicted octanol–water partition coefficient (Wildman–Crippen LogP) is 8.28. The molecule has 0 fully saturated rings. The number of carboxylic acids is 1. The van der Waals surface area contributed by atoms with Crippen molar-refractivity contribution < 1.29 is 29.3 Å². The summed E-state index contributed by atoms with van der Waals surface area (Å²) in [5.74, 6) is -1.65. The van der Waals surface area contributed by atoms with Crippen LogP contribution < -0.4 is 10.6 Å². The quantitative estimate of drug-likeness (QED) is 0.0574. The van der Waals surface area contributed by atoms with E-state index in [0.717, 1.165) is 51.4 Å². The van der Waals surface area contributed by atoms with Crippen molar-refractivity contribution in [2.75, 3.05) is 18.5 Å². The molecular weight excluding hydrogens is 544 g/mol. The highest BCUT2D eigenvalue weighted by atomic mass is 16.5. The molecule has 0 aliphatic heterocycles. The molecule has 0 aromatic heterocycles. The van der Waals surface area contributed by atoms with Crippen LogP contribution in [0.5, 0.6) is 5.75 Å². The van der Waals surface area contributed by atoms with Crippen LogP contribution in [0.4, 0.5) is 10.5 Å². The van der Waals surface area contributed by atoms with E-state index in [0.29, 0.717) is 25.9 Å². The molecular formula is C35H50N2O6. The first-order chi connectivity index (χ1) is 20.9. The number of benzene rings is 1. The predicted molar refractivity (Wildman–Crippen MR) is 175 cm³/mol. The number of carboxylic acid groups (broad SMARTS) is 1. The van der Waals surface area contributed by atoms with Gasteiger partial charge in [-0.05, 0) is 82.4 Å². The van der Waals surface area contributed by atoms with E-state index < -0.39 is 18.1 Å². The van der Waals surface area contributed by atoms with Crippen molar-refractivity contribution in [1.29, 1.82) is 0 Å². The number of rotatable bonds is 23. The van der Waals surface area contributed by atoms with Crippen molar-refractivity contribution in [3.63, 3.8) is 0 Å². The zero-order chi connectivity index (χ0) is 31.5. The summed E-state index contributed by atoms with van der Waals surface area (Å²) in [4.78, 5) is 35.7. The lowest BCUT2D eigenvalue weighted by molar-refractivity contribution is -0.130. The van der Waals surface area contributed by atoms with Crippen molar-refractivity contribution in [1.82, 2.24) is 5.32 Å². The lowest BCUT2D eigenvalue weighted by atomic mass is 10.1. The van der Waals surface area contributed by atoms with Gasteiger partial charge in [-0.15, -0.1) is 0 Å². The maximum Gasteiger partial charge on any atom is 0.339 e. The molecule has 8 nitrogen and oxygen atoms in total. The van der Waals surface area contributed by atoms with E-state index in [1.54, 1.807) is 0 Å². The minimum absolute atomic E-state index is 0.0205. The van der Waals surface area contributed by atoms with Crippen LogP contribution in [0.3, 0.4) is 0 Å². The number of Topliss-reactive ketones (excluding diaryl/α,β-unsaturated/α-hetero) is 1. The number of carbonyl (C=O) groups is 3. The number of ketones is 1. The smallest absolute Gasteiger partial charge is 0.339 e. The molecule has 1 aromatic carbocycles. The number of phenols is 1. The molecule has 0 aliphatic carbocycles. The molecule has 0 spiro atoms. The number of hydrogen-bond donors (Lipinski definition) is 4. The Bertz CT molecular complexity index is 1100. The first-order valence-corrected chi connectivity index (χ1v) is 15.4. The largest absolute Gasteiger partial charge is 0.507 e. The van der Waals surface area contributed by atoms with E-state index in [9.17, 15) is 19.5 Å². The van der Waals surface area contributed by atoms with Crippen LogP contribution in [0, 0.1) is 0 Å². The Hall–Kier alpha value is -3.91. The molecule has 4 N–H and O–H groups in total. The van der Waals surface area contributed by atoms with Gasteiger partial charge in [0.05, 0.1) is 0 Å². The van der Waals surface area contributed by atoms with Gasteiger partial charge >= 0.3 is 12.0 Å². The molecule has 0 saturated carbocycles. The molecule has 0 radical (unpaired) electrons. The zero-order valence-electron chi connectivity index (χ0n) is 25.8. The summed E-state index contributed by atoms with van der Waals surface area (Å²) in [6, 6.07) is 3.25. The van der Waals surface area contributed by atoms with Gasteiger partial charge in [0.1, 0.15) is 17.4 Å². The molecule has 1 atom stereocenters. The number of nitrogens with one attached hydrogen (secondary N) is 2. The van der Waals surface area contributed by atoms with Crippen molar-refractivity contribution in [2.45, 2.75) is 90.6 Å². The van der Waals surface area contributed by atoms with E-state index in [2.05, 4.69) is 78.3 Å². The van der Waals surface area contributed by atoms with Gasteiger partial charge in [-0.3, -0.25) is 4.79 Å². The fourth-order valence-electron chi connectivity index (χ4n) is 3.98. The van der Waals surface area contributed by atoms with Crippen molar-refractivity contribution in [3.05, 3.63) is 84.5 Å². The van der Waals surface area contributed by atoms with Crippen LogP contribution in [-0.4, -0.2) is 47.3 Å². The number of allylic oxidation sites excluding steroid dienone is 10. The van der Waals surface area contributed by atoms with E-state index in [1.165, 1.54) is 18.2 Å². The molecule has 2 amide bonds. The first-order valence-electron chi connectivity index (χ1n) is 15.4. The average molecular weight is 595 g/mol. The number of anilines is 1. The summed E-state index contributed by atoms with van der Waals surface area (Å²) >= 11 is 0. The summed E-state index contributed by atoms with van der Waals surface area (Å²) in [5, 5.41) is 23.8. The van der Waals surface area contributed by atoms with Crippen LogP contribution >= 0.6 is 0 Å². The van der Waals surface area contributed by atoms with Gasteiger partial charge in [-0.25, -0.2) is 9.59 Å². The number of unbranched alkanes of at least 4 members (excludes halogenated alkanes) is 2. The number of ether oxygens (including phenoxy) is 1. The SMILES string of the molecule is CC/C=C\C/C=C\C/C=C\C/C=C\C/C=C\CCCCO[C@@H](CC)C(=O)CCCNC(=O)Nc1ccc(O)c(C(=O)O)c1. The number of aromatic carboxylic acids is 1. The molecule has 1 rings (SSSR count). The highest BCUT2D eigenvalue weighted by Gasteiger charge is 2.16. The highest BCUT2D eigenvalue weighted by molar-refractivity contribution is 5.95.